The summed E-state index contributed by atoms with van der Waals surface area (Å²) in [5.41, 5.74) is 10.1. The molecule has 0 N–H and O–H groups in total. The number of hydrogen-bond donors (Lipinski definition) is 0. The van der Waals surface area contributed by atoms with Gasteiger partial charge in [-0.25, -0.2) is 0 Å². The van der Waals surface area contributed by atoms with Crippen LogP contribution in [0.1, 0.15) is 32.7 Å². The zero-order valence-corrected chi connectivity index (χ0v) is 25.4. The lowest BCUT2D eigenvalue weighted by molar-refractivity contribution is 0.104. The molecule has 0 atom stereocenters. The lowest BCUT2D eigenvalue weighted by atomic mass is 9.96. The number of hydrogen-bond acceptors (Lipinski definition) is 3. The van der Waals surface area contributed by atoms with Crippen LogP contribution in [0.25, 0.3) is 22.3 Å². The zero-order chi connectivity index (χ0) is 31.1. The molecule has 0 spiro atoms. The number of carbonyl (C=O) groups is 1. The van der Waals surface area contributed by atoms with E-state index in [9.17, 15) is 4.79 Å². The average Bonchev–Trinajstić information content (AvgIpc) is 3.51. The van der Waals surface area contributed by atoms with Crippen molar-refractivity contribution in [2.45, 2.75) is 13.1 Å². The van der Waals surface area contributed by atoms with Crippen molar-refractivity contribution in [3.8, 4) is 11.3 Å². The molecule has 3 heterocycles. The highest BCUT2D eigenvalue weighted by atomic mass is 16.1. The molecule has 0 aliphatic carbocycles. The summed E-state index contributed by atoms with van der Waals surface area (Å²) in [4.78, 5) is 20.2. The highest BCUT2D eigenvalue weighted by Crippen LogP contribution is 2.36. The van der Waals surface area contributed by atoms with Gasteiger partial charge in [0.05, 0.1) is 16.9 Å². The number of rotatable bonds is 10. The van der Waals surface area contributed by atoms with Gasteiger partial charge in [0.1, 0.15) is 5.69 Å². The largest absolute Gasteiger partial charge is 0.361 e. The number of fused-ring (bicyclic) bond motifs is 1. The summed E-state index contributed by atoms with van der Waals surface area (Å²) in [5, 5.41) is 0. The van der Waals surface area contributed by atoms with Gasteiger partial charge in [0.25, 0.3) is 0 Å². The number of ketones is 1. The summed E-state index contributed by atoms with van der Waals surface area (Å²) >= 11 is 0. The maximum atomic E-state index is 13.5. The summed E-state index contributed by atoms with van der Waals surface area (Å²) in [7, 11) is 0. The molecule has 4 nitrogen and oxygen atoms in total. The maximum absolute atomic E-state index is 13.5. The number of carbonyl (C=O) groups excluding carboxylic acids is 1. The fourth-order valence-electron chi connectivity index (χ4n) is 5.93. The summed E-state index contributed by atoms with van der Waals surface area (Å²) in [5.74, 6) is -0.130. The van der Waals surface area contributed by atoms with Gasteiger partial charge >= 0.3 is 0 Å². The van der Waals surface area contributed by atoms with Gasteiger partial charge in [-0.3, -0.25) is 9.78 Å². The highest BCUT2D eigenvalue weighted by Gasteiger charge is 2.19. The molecule has 0 saturated heterocycles. The SMILES string of the molecule is O=C(/C=C(\c1ccccc1)c1ccn2c(-c3ccccc3)cc(N(Cc3ccccc3)Cc3ccccc3)c2c1)c1ccccn1. The van der Waals surface area contributed by atoms with Crippen LogP contribution < -0.4 is 4.90 Å². The minimum Gasteiger partial charge on any atom is -0.361 e. The second-order valence-electron chi connectivity index (χ2n) is 11.3. The van der Waals surface area contributed by atoms with E-state index in [2.05, 4.69) is 124 Å². The van der Waals surface area contributed by atoms with E-state index in [1.165, 1.54) is 11.1 Å². The smallest absolute Gasteiger partial charge is 0.204 e. The van der Waals surface area contributed by atoms with E-state index in [1.807, 2.05) is 48.5 Å². The van der Waals surface area contributed by atoms with Gasteiger partial charge in [-0.2, -0.15) is 0 Å². The van der Waals surface area contributed by atoms with Crippen molar-refractivity contribution in [1.29, 1.82) is 0 Å². The molecule has 46 heavy (non-hydrogen) atoms. The van der Waals surface area contributed by atoms with E-state index in [1.54, 1.807) is 18.3 Å². The van der Waals surface area contributed by atoms with E-state index in [0.717, 1.165) is 52.3 Å². The minimum absolute atomic E-state index is 0.130. The molecule has 222 valence electrons. The molecule has 0 bridgehead atoms. The molecule has 4 aromatic carbocycles. The Morgan fingerprint density at radius 3 is 1.83 bits per heavy atom. The lowest BCUT2D eigenvalue weighted by Crippen LogP contribution is -2.22. The van der Waals surface area contributed by atoms with Crippen molar-refractivity contribution in [3.63, 3.8) is 0 Å². The normalized spacial score (nSPS) is 11.4. The van der Waals surface area contributed by atoms with Crippen molar-refractivity contribution in [1.82, 2.24) is 9.38 Å². The Bertz CT molecular complexity index is 2050. The molecule has 4 heteroatoms. The molecule has 0 unspecified atom stereocenters. The molecule has 7 rings (SSSR count). The number of pyridine rings is 2. The van der Waals surface area contributed by atoms with Gasteiger partial charge in [0.15, 0.2) is 0 Å². The quantitative estimate of drug-likeness (QED) is 0.117. The fourth-order valence-corrected chi connectivity index (χ4v) is 5.93. The van der Waals surface area contributed by atoms with Gasteiger partial charge in [0, 0.05) is 25.5 Å². The third-order valence-electron chi connectivity index (χ3n) is 8.18. The second kappa shape index (κ2) is 13.3. The van der Waals surface area contributed by atoms with E-state index >= 15 is 0 Å². The molecule has 0 aliphatic heterocycles. The standard InChI is InChI=1S/C42H33N3O/c46-42(38-23-13-14-25-43-38)28-37(34-19-9-3-10-20-34)36-24-26-45-39(35-21-11-4-12-22-35)29-40(41(45)27-36)44(30-32-15-5-1-6-16-32)31-33-17-7-2-8-18-33/h1-29H,30-31H2/b37-28+. The first-order valence-electron chi connectivity index (χ1n) is 15.5. The first-order chi connectivity index (χ1) is 22.7. The van der Waals surface area contributed by atoms with Crippen molar-refractivity contribution in [2.24, 2.45) is 0 Å². The van der Waals surface area contributed by atoms with Crippen molar-refractivity contribution < 1.29 is 4.79 Å². The van der Waals surface area contributed by atoms with E-state index in [-0.39, 0.29) is 5.78 Å². The third kappa shape index (κ3) is 6.28. The van der Waals surface area contributed by atoms with Crippen LogP contribution in [-0.4, -0.2) is 15.2 Å². The fraction of sp³-hybridized carbons (Fsp3) is 0.0476. The molecule has 0 amide bonds. The van der Waals surface area contributed by atoms with Crippen LogP contribution in [0, 0.1) is 0 Å². The maximum Gasteiger partial charge on any atom is 0.204 e. The van der Waals surface area contributed by atoms with Crippen LogP contribution in [0.3, 0.4) is 0 Å². The van der Waals surface area contributed by atoms with E-state index in [4.69, 9.17) is 0 Å². The van der Waals surface area contributed by atoms with Crippen molar-refractivity contribution in [2.75, 3.05) is 4.90 Å². The molecular weight excluding hydrogens is 562 g/mol. The predicted molar refractivity (Wildman–Crippen MR) is 188 cm³/mol. The van der Waals surface area contributed by atoms with Gasteiger partial charge < -0.3 is 9.30 Å². The van der Waals surface area contributed by atoms with Crippen molar-refractivity contribution in [3.05, 3.63) is 204 Å². The molecule has 0 radical (unpaired) electrons. The average molecular weight is 596 g/mol. The molecular formula is C42H33N3O. The Labute approximate surface area is 269 Å². The van der Waals surface area contributed by atoms with Crippen LogP contribution in [0.2, 0.25) is 0 Å². The predicted octanol–water partition coefficient (Wildman–Crippen LogP) is 9.52. The number of nitrogens with zero attached hydrogens (tertiary/aromatic N) is 3. The summed E-state index contributed by atoms with van der Waals surface area (Å²) < 4.78 is 2.26. The highest BCUT2D eigenvalue weighted by molar-refractivity contribution is 6.09. The topological polar surface area (TPSA) is 37.6 Å². The molecule has 0 aliphatic rings. The van der Waals surface area contributed by atoms with Crippen LogP contribution in [0.5, 0.6) is 0 Å². The van der Waals surface area contributed by atoms with Crippen LogP contribution in [0.4, 0.5) is 5.69 Å². The minimum atomic E-state index is -0.130. The molecule has 7 aromatic rings. The number of allylic oxidation sites excluding steroid dienone is 1. The van der Waals surface area contributed by atoms with Gasteiger partial charge in [-0.1, -0.05) is 127 Å². The number of benzene rings is 4. The van der Waals surface area contributed by atoms with Gasteiger partial charge in [-0.15, -0.1) is 0 Å². The Hall–Kier alpha value is -6.00. The van der Waals surface area contributed by atoms with E-state index in [0.29, 0.717) is 5.69 Å². The first-order valence-corrected chi connectivity index (χ1v) is 15.5. The first kappa shape index (κ1) is 28.8. The Morgan fingerprint density at radius 2 is 1.22 bits per heavy atom. The van der Waals surface area contributed by atoms with Crippen LogP contribution in [0.15, 0.2) is 176 Å². The Balaban J connectivity index is 1.42. The second-order valence-corrected chi connectivity index (χ2v) is 11.3. The molecule has 0 saturated carbocycles. The number of aromatic nitrogens is 2. The third-order valence-corrected chi connectivity index (χ3v) is 8.18. The summed E-state index contributed by atoms with van der Waals surface area (Å²) in [6.45, 7) is 1.49. The van der Waals surface area contributed by atoms with Crippen molar-refractivity contribution >= 4 is 22.6 Å². The van der Waals surface area contributed by atoms with E-state index < -0.39 is 0 Å². The summed E-state index contributed by atoms with van der Waals surface area (Å²) in [6, 6.07) is 53.9. The Kier molecular flexibility index (Phi) is 8.33. The van der Waals surface area contributed by atoms with Crippen LogP contribution >= 0.6 is 0 Å². The van der Waals surface area contributed by atoms with Crippen LogP contribution in [-0.2, 0) is 13.1 Å². The van der Waals surface area contributed by atoms with Gasteiger partial charge in [0.2, 0.25) is 5.78 Å². The molecule has 3 aromatic heterocycles. The zero-order valence-electron chi connectivity index (χ0n) is 25.4. The number of anilines is 1. The van der Waals surface area contributed by atoms with Gasteiger partial charge in [-0.05, 0) is 69.8 Å². The lowest BCUT2D eigenvalue weighted by Gasteiger charge is -2.25. The molecule has 0 fully saturated rings. The summed E-state index contributed by atoms with van der Waals surface area (Å²) in [6.07, 6.45) is 5.50. The Morgan fingerprint density at radius 1 is 0.630 bits per heavy atom. The monoisotopic (exact) mass is 595 g/mol.